The van der Waals surface area contributed by atoms with Gasteiger partial charge in [-0.2, -0.15) is 0 Å². The summed E-state index contributed by atoms with van der Waals surface area (Å²) >= 11 is 2.11. The van der Waals surface area contributed by atoms with Crippen molar-refractivity contribution in [2.45, 2.75) is 49.8 Å². The lowest BCUT2D eigenvalue weighted by molar-refractivity contribution is 0.433. The Bertz CT molecular complexity index is 1820. The average Bonchev–Trinajstić information content (AvgIpc) is 3.33. The third kappa shape index (κ3) is 3.86. The Balaban J connectivity index is 1.14. The number of nitrogens with zero attached hydrogens (tertiary/aromatic N) is 2. The maximum atomic E-state index is 2.67. The first-order chi connectivity index (χ1) is 20.3. The van der Waals surface area contributed by atoms with E-state index in [0.29, 0.717) is 0 Å². The van der Waals surface area contributed by atoms with Crippen LogP contribution in [0.25, 0.3) is 21.5 Å². The van der Waals surface area contributed by atoms with Crippen molar-refractivity contribution >= 4 is 44.7 Å². The summed E-state index contributed by atoms with van der Waals surface area (Å²) in [6.07, 6.45) is 16.9. The van der Waals surface area contributed by atoms with Crippen molar-refractivity contribution in [1.82, 2.24) is 0 Å². The molecule has 4 aromatic rings. The summed E-state index contributed by atoms with van der Waals surface area (Å²) in [5.41, 5.74) is 6.86. The molecule has 4 aromatic carbocycles. The van der Waals surface area contributed by atoms with Gasteiger partial charge in [-0.05, 0) is 69.1 Å². The van der Waals surface area contributed by atoms with Crippen molar-refractivity contribution in [3.8, 4) is 0 Å². The Labute approximate surface area is 255 Å². The Hall–Kier alpha value is -3.69. The van der Waals surface area contributed by atoms with Gasteiger partial charge < -0.3 is 9.80 Å². The molecule has 3 heteroatoms. The number of allylic oxidation sites excluding steroid dienone is 7. The second kappa shape index (κ2) is 9.95. The fourth-order valence-corrected chi connectivity index (χ4v) is 9.47. The van der Waals surface area contributed by atoms with Crippen molar-refractivity contribution in [2.75, 3.05) is 29.1 Å². The van der Waals surface area contributed by atoms with Gasteiger partial charge in [0, 0.05) is 41.5 Å². The van der Waals surface area contributed by atoms with Crippen molar-refractivity contribution in [3.63, 3.8) is 0 Å². The van der Waals surface area contributed by atoms with E-state index in [-0.39, 0.29) is 15.7 Å². The summed E-state index contributed by atoms with van der Waals surface area (Å²) in [6, 6.07) is 26.8. The molecule has 0 radical (unpaired) electrons. The van der Waals surface area contributed by atoms with Crippen molar-refractivity contribution in [3.05, 3.63) is 132 Å². The van der Waals surface area contributed by atoms with Crippen LogP contribution in [0.15, 0.2) is 121 Å². The number of rotatable bonds is 4. The topological polar surface area (TPSA) is 6.48 Å². The zero-order valence-electron chi connectivity index (χ0n) is 25.4. The van der Waals surface area contributed by atoms with E-state index in [4.69, 9.17) is 0 Å². The highest BCUT2D eigenvalue weighted by Crippen LogP contribution is 2.60. The second-order valence-corrected chi connectivity index (χ2v) is 14.2. The summed E-state index contributed by atoms with van der Waals surface area (Å²) < 4.78 is 0. The molecule has 0 aliphatic carbocycles. The van der Waals surface area contributed by atoms with Gasteiger partial charge in [-0.1, -0.05) is 119 Å². The molecule has 3 aliphatic heterocycles. The SMILES string of the molecule is CN1/C(=C/C=C/C=C/C=C/C23SCCCN2c2ccc4ccccc4c2C3(C)C)C(C)(C)c2c1ccc1ccccc21. The number of fused-ring (bicyclic) bond motifs is 8. The van der Waals surface area contributed by atoms with Crippen LogP contribution in [0.1, 0.15) is 45.2 Å². The van der Waals surface area contributed by atoms with Crippen molar-refractivity contribution in [2.24, 2.45) is 0 Å². The minimum atomic E-state index is -0.0845. The predicted molar refractivity (Wildman–Crippen MR) is 185 cm³/mol. The number of likely N-dealkylation sites (N-methyl/N-ethyl adjacent to an activating group) is 1. The van der Waals surface area contributed by atoms with E-state index < -0.39 is 0 Å². The van der Waals surface area contributed by atoms with E-state index in [1.165, 1.54) is 61.9 Å². The molecule has 0 spiro atoms. The van der Waals surface area contributed by atoms with Crippen LogP contribution in [0.2, 0.25) is 0 Å². The molecule has 0 saturated carbocycles. The summed E-state index contributed by atoms with van der Waals surface area (Å²) in [7, 11) is 2.19. The predicted octanol–water partition coefficient (Wildman–Crippen LogP) is 9.90. The van der Waals surface area contributed by atoms with Gasteiger partial charge >= 0.3 is 0 Å². The van der Waals surface area contributed by atoms with E-state index in [9.17, 15) is 0 Å². The van der Waals surface area contributed by atoms with Crippen molar-refractivity contribution < 1.29 is 0 Å². The first kappa shape index (κ1) is 27.2. The molecule has 0 amide bonds. The highest BCUT2D eigenvalue weighted by atomic mass is 32.2. The maximum absolute atomic E-state index is 2.67. The van der Waals surface area contributed by atoms with E-state index in [1.807, 2.05) is 0 Å². The van der Waals surface area contributed by atoms with Crippen molar-refractivity contribution in [1.29, 1.82) is 0 Å². The average molecular weight is 569 g/mol. The normalized spacial score (nSPS) is 23.6. The lowest BCUT2D eigenvalue weighted by atomic mass is 9.77. The zero-order chi connectivity index (χ0) is 29.1. The van der Waals surface area contributed by atoms with Gasteiger partial charge in [-0.25, -0.2) is 0 Å². The van der Waals surface area contributed by atoms with Crippen LogP contribution < -0.4 is 9.80 Å². The first-order valence-corrected chi connectivity index (χ1v) is 16.2. The summed E-state index contributed by atoms with van der Waals surface area (Å²) in [5.74, 6) is 1.19. The van der Waals surface area contributed by atoms with Gasteiger partial charge in [0.1, 0.15) is 4.87 Å². The van der Waals surface area contributed by atoms with Gasteiger partial charge in [-0.15, -0.1) is 11.8 Å². The van der Waals surface area contributed by atoms with Gasteiger partial charge in [-0.3, -0.25) is 0 Å². The number of hydrogen-bond acceptors (Lipinski definition) is 3. The second-order valence-electron chi connectivity index (χ2n) is 12.9. The van der Waals surface area contributed by atoms with Crippen LogP contribution in [-0.2, 0) is 10.8 Å². The molecule has 212 valence electrons. The standard InChI is InChI=1S/C39H40N2S/c1-37(2)34(40(5)32-23-21-28-16-10-12-18-30(28)35(32)37)20-9-7-6-8-14-25-39-38(3,4)36-31-19-13-11-17-29(31)22-24-33(36)41(39)26-15-27-42-39/h6-14,16-25H,15,26-27H2,1-5H3/b8-6+,9-7+,25-14+,34-20+. The maximum Gasteiger partial charge on any atom is 0.114 e. The number of hydrogen-bond donors (Lipinski definition) is 0. The molecular formula is C39H40N2S. The summed E-state index contributed by atoms with van der Waals surface area (Å²) in [5, 5.41) is 5.38. The molecule has 42 heavy (non-hydrogen) atoms. The quantitative estimate of drug-likeness (QED) is 0.226. The Morgan fingerprint density at radius 3 is 2.05 bits per heavy atom. The molecule has 0 bridgehead atoms. The molecule has 2 nitrogen and oxygen atoms in total. The number of thioether (sulfide) groups is 1. The Morgan fingerprint density at radius 1 is 0.690 bits per heavy atom. The monoisotopic (exact) mass is 568 g/mol. The van der Waals surface area contributed by atoms with Gasteiger partial charge in [0.15, 0.2) is 0 Å². The lowest BCUT2D eigenvalue weighted by Crippen LogP contribution is -2.54. The van der Waals surface area contributed by atoms with Crippen LogP contribution in [0.4, 0.5) is 11.4 Å². The van der Waals surface area contributed by atoms with Crippen LogP contribution in [-0.4, -0.2) is 24.2 Å². The smallest absolute Gasteiger partial charge is 0.114 e. The fraction of sp³-hybridized carbons (Fsp3) is 0.282. The third-order valence-electron chi connectivity index (χ3n) is 9.88. The van der Waals surface area contributed by atoms with E-state index in [2.05, 4.69) is 172 Å². The molecular weight excluding hydrogens is 529 g/mol. The molecule has 0 aromatic heterocycles. The van der Waals surface area contributed by atoms with Gasteiger partial charge in [0.05, 0.1) is 0 Å². The van der Waals surface area contributed by atoms with Crippen LogP contribution >= 0.6 is 11.8 Å². The third-order valence-corrected chi connectivity index (χ3v) is 11.7. The lowest BCUT2D eigenvalue weighted by Gasteiger charge is -2.48. The molecule has 0 N–H and O–H groups in total. The Morgan fingerprint density at radius 2 is 1.31 bits per heavy atom. The van der Waals surface area contributed by atoms with E-state index in [1.54, 1.807) is 0 Å². The van der Waals surface area contributed by atoms with Crippen LogP contribution in [0.3, 0.4) is 0 Å². The van der Waals surface area contributed by atoms with Crippen LogP contribution in [0, 0.1) is 0 Å². The minimum absolute atomic E-state index is 0.0172. The largest absolute Gasteiger partial charge is 0.352 e. The molecule has 3 heterocycles. The highest BCUT2D eigenvalue weighted by molar-refractivity contribution is 8.01. The summed E-state index contributed by atoms with van der Waals surface area (Å²) in [6.45, 7) is 10.7. The number of benzene rings is 4. The summed E-state index contributed by atoms with van der Waals surface area (Å²) in [4.78, 5) is 4.94. The molecule has 1 fully saturated rings. The molecule has 1 atom stereocenters. The Kier molecular flexibility index (Phi) is 6.44. The van der Waals surface area contributed by atoms with Gasteiger partial charge in [0.25, 0.3) is 0 Å². The fourth-order valence-electron chi connectivity index (χ4n) is 7.90. The molecule has 1 unspecified atom stereocenters. The number of anilines is 2. The zero-order valence-corrected chi connectivity index (χ0v) is 26.2. The van der Waals surface area contributed by atoms with Crippen LogP contribution in [0.5, 0.6) is 0 Å². The minimum Gasteiger partial charge on any atom is -0.352 e. The first-order valence-electron chi connectivity index (χ1n) is 15.2. The van der Waals surface area contributed by atoms with E-state index in [0.717, 1.165) is 6.54 Å². The molecule has 3 aliphatic rings. The highest BCUT2D eigenvalue weighted by Gasteiger charge is 2.57. The van der Waals surface area contributed by atoms with E-state index >= 15 is 0 Å². The van der Waals surface area contributed by atoms with Gasteiger partial charge in [0.2, 0.25) is 0 Å². The molecule has 7 rings (SSSR count). The molecule has 1 saturated heterocycles.